The first-order valence-corrected chi connectivity index (χ1v) is 10.3. The monoisotopic (exact) mass is 432 g/mol. The van der Waals surface area contributed by atoms with Crippen LogP contribution >= 0.6 is 11.3 Å². The number of nitrogens with two attached hydrogens (primary N) is 1. The number of nitrogens with zero attached hydrogens (tertiary/aromatic N) is 5. The Morgan fingerprint density at radius 2 is 1.83 bits per heavy atom. The van der Waals surface area contributed by atoms with E-state index in [4.69, 9.17) is 29.9 Å². The Balaban J connectivity index is 1.86. The summed E-state index contributed by atoms with van der Waals surface area (Å²) >= 11 is 1.44. The van der Waals surface area contributed by atoms with E-state index in [0.29, 0.717) is 29.5 Å². The molecular formula is C19H24N6O4S. The van der Waals surface area contributed by atoms with Gasteiger partial charge in [-0.25, -0.2) is 19.9 Å². The Morgan fingerprint density at radius 1 is 1.17 bits per heavy atom. The summed E-state index contributed by atoms with van der Waals surface area (Å²) in [7, 11) is 3.10. The lowest BCUT2D eigenvalue weighted by atomic mass is 10.0. The molecule has 11 heteroatoms. The number of hydrogen-bond donors (Lipinski definition) is 2. The zero-order chi connectivity index (χ0) is 21.1. The van der Waals surface area contributed by atoms with E-state index in [1.165, 1.54) is 11.3 Å². The molecule has 0 aromatic carbocycles. The lowest BCUT2D eigenvalue weighted by molar-refractivity contribution is -0.0799. The summed E-state index contributed by atoms with van der Waals surface area (Å²) in [6, 6.07) is 1.87. The second-order valence-corrected chi connectivity index (χ2v) is 8.08. The zero-order valence-electron chi connectivity index (χ0n) is 16.9. The quantitative estimate of drug-likeness (QED) is 0.559. The SMILES string of the molecule is COCC(O)(COC)c1cc2nc(-c3cnc(N)nc3)nc(N3CCOCC3)c2s1. The third-order valence-electron chi connectivity index (χ3n) is 4.82. The number of rotatable bonds is 7. The molecule has 4 rings (SSSR count). The molecule has 30 heavy (non-hydrogen) atoms. The van der Waals surface area contributed by atoms with Crippen LogP contribution in [-0.2, 0) is 19.8 Å². The number of aliphatic hydroxyl groups is 1. The molecule has 0 atom stereocenters. The van der Waals surface area contributed by atoms with Crippen LogP contribution in [0.2, 0.25) is 0 Å². The fraction of sp³-hybridized carbons (Fsp3) is 0.474. The molecule has 0 bridgehead atoms. The van der Waals surface area contributed by atoms with Gasteiger partial charge in [-0.3, -0.25) is 0 Å². The average molecular weight is 433 g/mol. The number of thiophene rings is 1. The fourth-order valence-electron chi connectivity index (χ4n) is 3.38. The van der Waals surface area contributed by atoms with Gasteiger partial charge in [0.1, 0.15) is 5.60 Å². The number of fused-ring (bicyclic) bond motifs is 1. The highest BCUT2D eigenvalue weighted by molar-refractivity contribution is 7.19. The number of nitrogen functional groups attached to an aromatic ring is 1. The van der Waals surface area contributed by atoms with E-state index in [-0.39, 0.29) is 19.2 Å². The molecule has 3 N–H and O–H groups in total. The minimum atomic E-state index is -1.28. The van der Waals surface area contributed by atoms with Crippen LogP contribution in [0.1, 0.15) is 4.88 Å². The number of anilines is 2. The summed E-state index contributed by atoms with van der Waals surface area (Å²) in [6.45, 7) is 2.90. The molecule has 4 heterocycles. The maximum Gasteiger partial charge on any atom is 0.219 e. The molecule has 3 aromatic heterocycles. The Kier molecular flexibility index (Phi) is 6.06. The van der Waals surface area contributed by atoms with E-state index in [9.17, 15) is 5.11 Å². The second kappa shape index (κ2) is 8.74. The first-order chi connectivity index (χ1) is 14.5. The smallest absolute Gasteiger partial charge is 0.219 e. The lowest BCUT2D eigenvalue weighted by Crippen LogP contribution is -2.37. The molecule has 10 nitrogen and oxygen atoms in total. The van der Waals surface area contributed by atoms with E-state index in [1.807, 2.05) is 6.07 Å². The van der Waals surface area contributed by atoms with Crippen LogP contribution in [0.4, 0.5) is 11.8 Å². The van der Waals surface area contributed by atoms with Crippen molar-refractivity contribution in [2.45, 2.75) is 5.60 Å². The highest BCUT2D eigenvalue weighted by atomic mass is 32.1. The molecule has 0 radical (unpaired) electrons. The summed E-state index contributed by atoms with van der Waals surface area (Å²) in [5.74, 6) is 1.48. The Morgan fingerprint density at radius 3 is 2.47 bits per heavy atom. The van der Waals surface area contributed by atoms with Crippen LogP contribution in [0, 0.1) is 0 Å². The summed E-state index contributed by atoms with van der Waals surface area (Å²) in [5.41, 5.74) is 5.73. The number of methoxy groups -OCH3 is 2. The third-order valence-corrected chi connectivity index (χ3v) is 6.13. The van der Waals surface area contributed by atoms with Crippen molar-refractivity contribution in [2.24, 2.45) is 0 Å². The van der Waals surface area contributed by atoms with Gasteiger partial charge in [0.05, 0.1) is 42.2 Å². The van der Waals surface area contributed by atoms with Crippen molar-refractivity contribution in [1.29, 1.82) is 0 Å². The molecule has 3 aromatic rings. The normalized spacial score (nSPS) is 15.1. The van der Waals surface area contributed by atoms with Gasteiger partial charge in [-0.2, -0.15) is 0 Å². The largest absolute Gasteiger partial charge is 0.381 e. The number of ether oxygens (including phenoxy) is 3. The second-order valence-electron chi connectivity index (χ2n) is 7.02. The number of hydrogen-bond acceptors (Lipinski definition) is 11. The van der Waals surface area contributed by atoms with Crippen LogP contribution < -0.4 is 10.6 Å². The Hall–Kier alpha value is -2.44. The van der Waals surface area contributed by atoms with E-state index in [1.54, 1.807) is 26.6 Å². The van der Waals surface area contributed by atoms with Crippen LogP contribution in [0.25, 0.3) is 21.6 Å². The van der Waals surface area contributed by atoms with Crippen molar-refractivity contribution >= 4 is 33.3 Å². The molecule has 0 unspecified atom stereocenters. The molecule has 160 valence electrons. The molecule has 1 aliphatic rings. The molecular weight excluding hydrogens is 408 g/mol. The number of morpholine rings is 1. The standard InChI is InChI=1S/C19H24N6O4S/c1-27-10-19(26,11-28-2)14-7-13-15(30-14)17(25-3-5-29-6-4-25)24-16(23-13)12-8-21-18(20)22-9-12/h7-9,26H,3-6,10-11H2,1-2H3,(H2,20,21,22). The van der Waals surface area contributed by atoms with Crippen LogP contribution in [0.5, 0.6) is 0 Å². The molecule has 1 saturated heterocycles. The maximum atomic E-state index is 11.1. The van der Waals surface area contributed by atoms with Gasteiger partial charge in [0.2, 0.25) is 5.95 Å². The molecule has 1 aliphatic heterocycles. The van der Waals surface area contributed by atoms with E-state index in [0.717, 1.165) is 29.1 Å². The third kappa shape index (κ3) is 4.07. The van der Waals surface area contributed by atoms with Crippen LogP contribution in [0.15, 0.2) is 18.5 Å². The van der Waals surface area contributed by atoms with Gasteiger partial charge in [-0.05, 0) is 6.07 Å². The van der Waals surface area contributed by atoms with Crippen molar-refractivity contribution in [3.63, 3.8) is 0 Å². The molecule has 1 fully saturated rings. The van der Waals surface area contributed by atoms with Gasteiger partial charge in [-0.15, -0.1) is 11.3 Å². The van der Waals surface area contributed by atoms with E-state index < -0.39 is 5.60 Å². The summed E-state index contributed by atoms with van der Waals surface area (Å²) in [4.78, 5) is 20.5. The van der Waals surface area contributed by atoms with Crippen molar-refractivity contribution < 1.29 is 19.3 Å². The van der Waals surface area contributed by atoms with Gasteiger partial charge in [0.15, 0.2) is 11.6 Å². The lowest BCUT2D eigenvalue weighted by Gasteiger charge is -2.28. The average Bonchev–Trinajstić information content (AvgIpc) is 3.20. The minimum Gasteiger partial charge on any atom is -0.381 e. The summed E-state index contributed by atoms with van der Waals surface area (Å²) in [5, 5.41) is 11.1. The highest BCUT2D eigenvalue weighted by Crippen LogP contribution is 2.38. The Bertz CT molecular complexity index is 1000. The van der Waals surface area contributed by atoms with Gasteiger partial charge in [0, 0.05) is 44.6 Å². The molecule has 0 aliphatic carbocycles. The molecule has 0 spiro atoms. The number of aromatic nitrogens is 4. The van der Waals surface area contributed by atoms with Crippen molar-refractivity contribution in [3.8, 4) is 11.4 Å². The van der Waals surface area contributed by atoms with Crippen LogP contribution in [0.3, 0.4) is 0 Å². The maximum absolute atomic E-state index is 11.1. The van der Waals surface area contributed by atoms with Crippen LogP contribution in [-0.4, -0.2) is 78.8 Å². The highest BCUT2D eigenvalue weighted by Gasteiger charge is 2.33. The van der Waals surface area contributed by atoms with Gasteiger partial charge < -0.3 is 30.0 Å². The van der Waals surface area contributed by atoms with E-state index >= 15 is 0 Å². The predicted molar refractivity (Wildman–Crippen MR) is 114 cm³/mol. The topological polar surface area (TPSA) is 129 Å². The van der Waals surface area contributed by atoms with E-state index in [2.05, 4.69) is 14.9 Å². The molecule has 0 amide bonds. The summed E-state index contributed by atoms with van der Waals surface area (Å²) < 4.78 is 16.9. The zero-order valence-corrected chi connectivity index (χ0v) is 17.7. The minimum absolute atomic E-state index is 0.104. The Labute approximate surface area is 177 Å². The van der Waals surface area contributed by atoms with Crippen molar-refractivity contribution in [2.75, 3.05) is 64.4 Å². The first kappa shape index (κ1) is 20.8. The predicted octanol–water partition coefficient (Wildman–Crippen LogP) is 1.05. The van der Waals surface area contributed by atoms with Gasteiger partial charge in [-0.1, -0.05) is 0 Å². The van der Waals surface area contributed by atoms with Gasteiger partial charge in [0.25, 0.3) is 0 Å². The van der Waals surface area contributed by atoms with Crippen molar-refractivity contribution in [3.05, 3.63) is 23.3 Å². The fourth-order valence-corrected chi connectivity index (χ4v) is 4.55. The first-order valence-electron chi connectivity index (χ1n) is 9.47. The summed E-state index contributed by atoms with van der Waals surface area (Å²) in [6.07, 6.45) is 3.21. The van der Waals surface area contributed by atoms with Gasteiger partial charge >= 0.3 is 0 Å². The van der Waals surface area contributed by atoms with Crippen molar-refractivity contribution in [1.82, 2.24) is 19.9 Å². The molecule has 0 saturated carbocycles.